The predicted molar refractivity (Wildman–Crippen MR) is 107 cm³/mol. The predicted octanol–water partition coefficient (Wildman–Crippen LogP) is 6.01. The molecule has 1 aliphatic heterocycles. The first-order chi connectivity index (χ1) is 11.6. The van der Waals surface area contributed by atoms with Gasteiger partial charge in [-0.2, -0.15) is 0 Å². The minimum Gasteiger partial charge on any atom is -0.295 e. The summed E-state index contributed by atoms with van der Waals surface area (Å²) in [6.07, 6.45) is 3.69. The van der Waals surface area contributed by atoms with Gasteiger partial charge in [0.25, 0.3) is 0 Å². The van der Waals surface area contributed by atoms with Crippen LogP contribution in [0.5, 0.6) is 0 Å². The molecule has 2 heteroatoms. The summed E-state index contributed by atoms with van der Waals surface area (Å²) in [6.45, 7) is 7.88. The van der Waals surface area contributed by atoms with Gasteiger partial charge in [0.05, 0.1) is 0 Å². The van der Waals surface area contributed by atoms with Crippen molar-refractivity contribution in [3.8, 4) is 0 Å². The van der Waals surface area contributed by atoms with Gasteiger partial charge in [0.2, 0.25) is 0 Å². The van der Waals surface area contributed by atoms with Crippen molar-refractivity contribution in [3.05, 3.63) is 76.3 Å². The van der Waals surface area contributed by atoms with Crippen LogP contribution in [-0.2, 0) is 6.54 Å². The van der Waals surface area contributed by atoms with E-state index < -0.39 is 0 Å². The maximum atomic E-state index is 3.54. The van der Waals surface area contributed by atoms with Gasteiger partial charge in [0.15, 0.2) is 0 Å². The van der Waals surface area contributed by atoms with Crippen molar-refractivity contribution in [1.82, 2.24) is 4.90 Å². The third-order valence-electron chi connectivity index (χ3n) is 4.67. The number of benzene rings is 2. The normalized spacial score (nSPS) is 18.7. The van der Waals surface area contributed by atoms with Gasteiger partial charge >= 0.3 is 0 Å². The molecule has 0 N–H and O–H groups in total. The molecule has 0 unspecified atom stereocenters. The Balaban J connectivity index is 1.79. The van der Waals surface area contributed by atoms with Crippen molar-refractivity contribution in [2.24, 2.45) is 11.8 Å². The number of hydrogen-bond acceptors (Lipinski definition) is 1. The molecule has 1 atom stereocenters. The summed E-state index contributed by atoms with van der Waals surface area (Å²) < 4.78 is 1.15. The van der Waals surface area contributed by atoms with Crippen LogP contribution in [0.2, 0.25) is 0 Å². The summed E-state index contributed by atoms with van der Waals surface area (Å²) in [5.41, 5.74) is 4.31. The van der Waals surface area contributed by atoms with Crippen molar-refractivity contribution in [3.63, 3.8) is 0 Å². The molecule has 0 bridgehead atoms. The highest BCUT2D eigenvalue weighted by molar-refractivity contribution is 9.10. The van der Waals surface area contributed by atoms with Gasteiger partial charge in [0.1, 0.15) is 0 Å². The third kappa shape index (κ3) is 4.58. The smallest absolute Gasteiger partial charge is 0.0237 e. The Bertz CT molecular complexity index is 673. The van der Waals surface area contributed by atoms with E-state index in [1.807, 2.05) is 0 Å². The van der Waals surface area contributed by atoms with E-state index in [0.29, 0.717) is 11.8 Å². The van der Waals surface area contributed by atoms with Crippen LogP contribution in [0.1, 0.15) is 31.4 Å². The van der Waals surface area contributed by atoms with E-state index in [9.17, 15) is 0 Å². The molecule has 0 saturated heterocycles. The Morgan fingerprint density at radius 3 is 2.42 bits per heavy atom. The van der Waals surface area contributed by atoms with Crippen LogP contribution in [0.3, 0.4) is 0 Å². The van der Waals surface area contributed by atoms with Crippen molar-refractivity contribution >= 4 is 21.5 Å². The number of halogens is 1. The highest BCUT2D eigenvalue weighted by Gasteiger charge is 2.24. The van der Waals surface area contributed by atoms with E-state index in [-0.39, 0.29) is 0 Å². The maximum Gasteiger partial charge on any atom is 0.0237 e. The van der Waals surface area contributed by atoms with Gasteiger partial charge < -0.3 is 0 Å². The third-order valence-corrected chi connectivity index (χ3v) is 5.20. The molecule has 0 spiro atoms. The zero-order valence-corrected chi connectivity index (χ0v) is 16.2. The zero-order valence-electron chi connectivity index (χ0n) is 14.6. The van der Waals surface area contributed by atoms with Crippen molar-refractivity contribution in [1.29, 1.82) is 0 Å². The Morgan fingerprint density at radius 1 is 1.04 bits per heavy atom. The number of rotatable bonds is 5. The second kappa shape index (κ2) is 8.13. The molecule has 1 nitrogen and oxygen atoms in total. The molecule has 3 rings (SSSR count). The molecule has 0 radical (unpaired) electrons. The second-order valence-electron chi connectivity index (χ2n) is 7.17. The van der Waals surface area contributed by atoms with E-state index in [1.165, 1.54) is 23.1 Å². The largest absolute Gasteiger partial charge is 0.295 e. The van der Waals surface area contributed by atoms with E-state index in [0.717, 1.165) is 24.1 Å². The molecule has 0 aliphatic carbocycles. The zero-order chi connectivity index (χ0) is 16.9. The summed E-state index contributed by atoms with van der Waals surface area (Å²) in [4.78, 5) is 2.57. The number of hydrogen-bond donors (Lipinski definition) is 0. The van der Waals surface area contributed by atoms with Gasteiger partial charge in [-0.3, -0.25) is 4.90 Å². The molecule has 1 heterocycles. The number of nitrogens with zero attached hydrogens (tertiary/aromatic N) is 1. The topological polar surface area (TPSA) is 3.24 Å². The van der Waals surface area contributed by atoms with Crippen molar-refractivity contribution in [2.75, 3.05) is 13.1 Å². The lowest BCUT2D eigenvalue weighted by Gasteiger charge is -2.34. The SMILES string of the molecule is CC(C)C[C@@H]1CN(Cc2ccccc2)CC=C1c1ccc(Br)cc1. The van der Waals surface area contributed by atoms with E-state index in [2.05, 4.69) is 95.4 Å². The average molecular weight is 384 g/mol. The Morgan fingerprint density at radius 2 is 1.75 bits per heavy atom. The molecule has 0 amide bonds. The van der Waals surface area contributed by atoms with Crippen LogP contribution in [0.25, 0.3) is 5.57 Å². The van der Waals surface area contributed by atoms with Gasteiger partial charge in [-0.05, 0) is 47.1 Å². The fourth-order valence-electron chi connectivity index (χ4n) is 3.62. The fraction of sp³-hybridized carbons (Fsp3) is 0.364. The summed E-state index contributed by atoms with van der Waals surface area (Å²) in [5, 5.41) is 0. The van der Waals surface area contributed by atoms with Crippen LogP contribution < -0.4 is 0 Å². The van der Waals surface area contributed by atoms with Crippen LogP contribution in [0.4, 0.5) is 0 Å². The Kier molecular flexibility index (Phi) is 5.91. The fourth-order valence-corrected chi connectivity index (χ4v) is 3.88. The van der Waals surface area contributed by atoms with E-state index in [4.69, 9.17) is 0 Å². The monoisotopic (exact) mass is 383 g/mol. The van der Waals surface area contributed by atoms with Crippen LogP contribution >= 0.6 is 15.9 Å². The second-order valence-corrected chi connectivity index (χ2v) is 8.09. The first-order valence-electron chi connectivity index (χ1n) is 8.84. The van der Waals surface area contributed by atoms with Crippen molar-refractivity contribution in [2.45, 2.75) is 26.8 Å². The van der Waals surface area contributed by atoms with E-state index in [1.54, 1.807) is 0 Å². The Labute approximate surface area is 154 Å². The van der Waals surface area contributed by atoms with Gasteiger partial charge in [-0.1, -0.05) is 78.3 Å². The summed E-state index contributed by atoms with van der Waals surface area (Å²) in [6, 6.07) is 19.6. The van der Waals surface area contributed by atoms with Gasteiger partial charge in [-0.15, -0.1) is 0 Å². The molecule has 126 valence electrons. The molecule has 0 fully saturated rings. The molecular formula is C22H26BrN. The average Bonchev–Trinajstić information content (AvgIpc) is 2.57. The van der Waals surface area contributed by atoms with Crippen LogP contribution in [-0.4, -0.2) is 18.0 Å². The molecule has 2 aromatic rings. The maximum absolute atomic E-state index is 3.54. The highest BCUT2D eigenvalue weighted by atomic mass is 79.9. The lowest BCUT2D eigenvalue weighted by atomic mass is 9.83. The molecule has 1 aliphatic rings. The standard InChI is InChI=1S/C22H26BrN/c1-17(2)14-20-16-24(15-18-6-4-3-5-7-18)13-12-22(20)19-8-10-21(23)11-9-19/h3-12,17,20H,13-16H2,1-2H3/t20-/m1/s1. The minimum atomic E-state index is 0.614. The van der Waals surface area contributed by atoms with Crippen molar-refractivity contribution < 1.29 is 0 Å². The quantitative estimate of drug-likeness (QED) is 0.610. The molecule has 2 aromatic carbocycles. The molecule has 24 heavy (non-hydrogen) atoms. The summed E-state index contributed by atoms with van der Waals surface area (Å²) >= 11 is 3.54. The lowest BCUT2D eigenvalue weighted by Crippen LogP contribution is -2.34. The minimum absolute atomic E-state index is 0.614. The molecule has 0 saturated carbocycles. The molecule has 0 aromatic heterocycles. The molecular weight excluding hydrogens is 358 g/mol. The highest BCUT2D eigenvalue weighted by Crippen LogP contribution is 2.33. The lowest BCUT2D eigenvalue weighted by molar-refractivity contribution is 0.242. The first-order valence-corrected chi connectivity index (χ1v) is 9.63. The van der Waals surface area contributed by atoms with Crippen LogP contribution in [0, 0.1) is 11.8 Å². The first kappa shape index (κ1) is 17.4. The van der Waals surface area contributed by atoms with E-state index >= 15 is 0 Å². The Hall–Kier alpha value is -1.38. The van der Waals surface area contributed by atoms with Crippen LogP contribution in [0.15, 0.2) is 65.1 Å². The summed E-state index contributed by atoms with van der Waals surface area (Å²) in [7, 11) is 0. The van der Waals surface area contributed by atoms with Gasteiger partial charge in [0, 0.05) is 24.1 Å². The van der Waals surface area contributed by atoms with Gasteiger partial charge in [-0.25, -0.2) is 0 Å². The summed E-state index contributed by atoms with van der Waals surface area (Å²) in [5.74, 6) is 1.33.